The van der Waals surface area contributed by atoms with Crippen molar-refractivity contribution in [2.75, 3.05) is 26.0 Å². The molecule has 0 aromatic carbocycles. The third-order valence-corrected chi connectivity index (χ3v) is 2.52. The Bertz CT molecular complexity index is 229. The van der Waals surface area contributed by atoms with Crippen molar-refractivity contribution in [3.8, 4) is 0 Å². The minimum atomic E-state index is 0.398. The van der Waals surface area contributed by atoms with Crippen molar-refractivity contribution in [2.24, 2.45) is 0 Å². The quantitative estimate of drug-likeness (QED) is 0.514. The van der Waals surface area contributed by atoms with E-state index in [1.165, 1.54) is 6.33 Å². The third kappa shape index (κ3) is 4.59. The molecule has 0 bridgehead atoms. The van der Waals surface area contributed by atoms with Gasteiger partial charge in [0.25, 0.3) is 0 Å². The van der Waals surface area contributed by atoms with Crippen molar-refractivity contribution in [2.45, 2.75) is 18.1 Å². The molecule has 1 aromatic heterocycles. The van der Waals surface area contributed by atoms with Gasteiger partial charge < -0.3 is 10.1 Å². The normalized spacial score (nSPS) is 13.0. The molecule has 1 rings (SSSR count). The van der Waals surface area contributed by atoms with Crippen LogP contribution in [-0.2, 0) is 4.74 Å². The van der Waals surface area contributed by atoms with Crippen molar-refractivity contribution >= 4 is 11.8 Å². The minimum Gasteiger partial charge on any atom is -0.383 e. The molecule has 0 amide bonds. The topological polar surface area (TPSA) is 62.8 Å². The number of nitrogens with one attached hydrogen (secondary N) is 2. The number of thioether (sulfide) groups is 1. The minimum absolute atomic E-state index is 0.398. The Morgan fingerprint density at radius 1 is 1.71 bits per heavy atom. The zero-order valence-corrected chi connectivity index (χ0v) is 9.30. The zero-order chi connectivity index (χ0) is 10.2. The molecule has 80 valence electrons. The van der Waals surface area contributed by atoms with E-state index in [-0.39, 0.29) is 0 Å². The molecule has 1 unspecified atom stereocenters. The first-order chi connectivity index (χ1) is 6.83. The summed E-state index contributed by atoms with van der Waals surface area (Å²) in [5, 5.41) is 10.8. The fourth-order valence-electron chi connectivity index (χ4n) is 1.03. The summed E-state index contributed by atoms with van der Waals surface area (Å²) in [6, 6.07) is 0.398. The largest absolute Gasteiger partial charge is 0.383 e. The van der Waals surface area contributed by atoms with Crippen LogP contribution in [0, 0.1) is 0 Å². The summed E-state index contributed by atoms with van der Waals surface area (Å²) in [6.07, 6.45) is 1.52. The zero-order valence-electron chi connectivity index (χ0n) is 8.49. The van der Waals surface area contributed by atoms with E-state index in [0.29, 0.717) is 6.04 Å². The molecule has 0 radical (unpaired) electrons. The van der Waals surface area contributed by atoms with Gasteiger partial charge in [-0.1, -0.05) is 11.8 Å². The van der Waals surface area contributed by atoms with Gasteiger partial charge in [0, 0.05) is 25.4 Å². The summed E-state index contributed by atoms with van der Waals surface area (Å²) in [6.45, 7) is 3.78. The molecule has 2 N–H and O–H groups in total. The van der Waals surface area contributed by atoms with Crippen molar-refractivity contribution in [1.29, 1.82) is 0 Å². The number of ether oxygens (including phenoxy) is 1. The Morgan fingerprint density at radius 2 is 2.57 bits per heavy atom. The molecule has 0 saturated heterocycles. The molecule has 0 spiro atoms. The molecule has 0 aliphatic rings. The van der Waals surface area contributed by atoms with Gasteiger partial charge in [0.05, 0.1) is 6.61 Å². The van der Waals surface area contributed by atoms with Crippen LogP contribution >= 0.6 is 11.8 Å². The molecule has 0 aliphatic carbocycles. The highest BCUT2D eigenvalue weighted by Gasteiger charge is 2.00. The fraction of sp³-hybridized carbons (Fsp3) is 0.750. The van der Waals surface area contributed by atoms with Gasteiger partial charge in [-0.2, -0.15) is 5.10 Å². The standard InChI is InChI=1S/C8H16N4OS/c1-7(5-13-2)9-3-4-14-8-10-6-11-12-8/h6-7,9H,3-5H2,1-2H3,(H,10,11,12). The maximum absolute atomic E-state index is 5.01. The lowest BCUT2D eigenvalue weighted by Gasteiger charge is -2.11. The summed E-state index contributed by atoms with van der Waals surface area (Å²) in [7, 11) is 1.71. The highest BCUT2D eigenvalue weighted by atomic mass is 32.2. The highest BCUT2D eigenvalue weighted by Crippen LogP contribution is 2.08. The molecule has 14 heavy (non-hydrogen) atoms. The van der Waals surface area contributed by atoms with Crippen LogP contribution in [0.15, 0.2) is 11.5 Å². The molecule has 5 nitrogen and oxygen atoms in total. The second-order valence-electron chi connectivity index (χ2n) is 2.95. The van der Waals surface area contributed by atoms with E-state index in [1.54, 1.807) is 18.9 Å². The SMILES string of the molecule is COCC(C)NCCSc1ncn[nH]1. The summed E-state index contributed by atoms with van der Waals surface area (Å²) in [5.74, 6) is 0.975. The van der Waals surface area contributed by atoms with Gasteiger partial charge in [0.2, 0.25) is 0 Å². The Kier molecular flexibility index (Phi) is 5.58. The lowest BCUT2D eigenvalue weighted by molar-refractivity contribution is 0.173. The summed E-state index contributed by atoms with van der Waals surface area (Å²) in [4.78, 5) is 4.01. The third-order valence-electron chi connectivity index (χ3n) is 1.64. The van der Waals surface area contributed by atoms with Crippen LogP contribution in [-0.4, -0.2) is 47.2 Å². The van der Waals surface area contributed by atoms with Gasteiger partial charge in [-0.25, -0.2) is 4.98 Å². The molecular formula is C8H16N4OS. The monoisotopic (exact) mass is 216 g/mol. The predicted molar refractivity (Wildman–Crippen MR) is 56.4 cm³/mol. The molecule has 1 aromatic rings. The molecule has 0 aliphatic heterocycles. The van der Waals surface area contributed by atoms with Gasteiger partial charge in [0.1, 0.15) is 6.33 Å². The van der Waals surface area contributed by atoms with E-state index in [1.807, 2.05) is 0 Å². The lowest BCUT2D eigenvalue weighted by atomic mass is 10.4. The van der Waals surface area contributed by atoms with Crippen molar-refractivity contribution in [3.63, 3.8) is 0 Å². The van der Waals surface area contributed by atoms with Crippen molar-refractivity contribution < 1.29 is 4.74 Å². The molecule has 0 saturated carbocycles. The van der Waals surface area contributed by atoms with Gasteiger partial charge >= 0.3 is 0 Å². The van der Waals surface area contributed by atoms with Crippen LogP contribution in [0.5, 0.6) is 0 Å². The Balaban J connectivity index is 1.99. The fourth-order valence-corrected chi connectivity index (χ4v) is 1.68. The van der Waals surface area contributed by atoms with Gasteiger partial charge in [-0.05, 0) is 6.92 Å². The number of aromatic nitrogens is 3. The van der Waals surface area contributed by atoms with Crippen LogP contribution in [0.3, 0.4) is 0 Å². The van der Waals surface area contributed by atoms with Crippen LogP contribution < -0.4 is 5.32 Å². The number of methoxy groups -OCH3 is 1. The summed E-state index contributed by atoms with van der Waals surface area (Å²) in [5.41, 5.74) is 0. The molecular weight excluding hydrogens is 200 g/mol. The summed E-state index contributed by atoms with van der Waals surface area (Å²) < 4.78 is 5.01. The first kappa shape index (κ1) is 11.5. The molecule has 6 heteroatoms. The second-order valence-corrected chi connectivity index (χ2v) is 4.03. The number of hydrogen-bond acceptors (Lipinski definition) is 5. The van der Waals surface area contributed by atoms with E-state index in [4.69, 9.17) is 4.74 Å². The maximum Gasteiger partial charge on any atom is 0.183 e. The highest BCUT2D eigenvalue weighted by molar-refractivity contribution is 7.99. The summed E-state index contributed by atoms with van der Waals surface area (Å²) >= 11 is 1.65. The number of hydrogen-bond donors (Lipinski definition) is 2. The smallest absolute Gasteiger partial charge is 0.183 e. The van der Waals surface area contributed by atoms with Crippen LogP contribution in [0.2, 0.25) is 0 Å². The van der Waals surface area contributed by atoms with Crippen LogP contribution in [0.4, 0.5) is 0 Å². The average Bonchev–Trinajstić information content (AvgIpc) is 2.65. The van der Waals surface area contributed by atoms with E-state index < -0.39 is 0 Å². The maximum atomic E-state index is 5.01. The van der Waals surface area contributed by atoms with Gasteiger partial charge in [-0.3, -0.25) is 5.10 Å². The Hall–Kier alpha value is -0.590. The van der Waals surface area contributed by atoms with E-state index in [9.17, 15) is 0 Å². The van der Waals surface area contributed by atoms with Gasteiger partial charge in [-0.15, -0.1) is 0 Å². The first-order valence-electron chi connectivity index (χ1n) is 4.53. The van der Waals surface area contributed by atoms with Crippen LogP contribution in [0.1, 0.15) is 6.92 Å². The van der Waals surface area contributed by atoms with E-state index in [2.05, 4.69) is 27.4 Å². The average molecular weight is 216 g/mol. The second kappa shape index (κ2) is 6.80. The number of H-pyrrole nitrogens is 1. The van der Waals surface area contributed by atoms with Gasteiger partial charge in [0.15, 0.2) is 5.16 Å². The Labute approximate surface area is 88.0 Å². The number of rotatable bonds is 7. The molecule has 0 fully saturated rings. The number of aromatic amines is 1. The van der Waals surface area contributed by atoms with E-state index in [0.717, 1.165) is 24.1 Å². The van der Waals surface area contributed by atoms with Crippen LogP contribution in [0.25, 0.3) is 0 Å². The van der Waals surface area contributed by atoms with E-state index >= 15 is 0 Å². The molecule has 1 heterocycles. The first-order valence-corrected chi connectivity index (χ1v) is 5.52. The Morgan fingerprint density at radius 3 is 3.21 bits per heavy atom. The molecule has 1 atom stereocenters. The van der Waals surface area contributed by atoms with Crippen molar-refractivity contribution in [1.82, 2.24) is 20.5 Å². The lowest BCUT2D eigenvalue weighted by Crippen LogP contribution is -2.31. The number of nitrogens with zero attached hydrogens (tertiary/aromatic N) is 2. The predicted octanol–water partition coefficient (Wildman–Crippen LogP) is 0.521. The van der Waals surface area contributed by atoms with Crippen molar-refractivity contribution in [3.05, 3.63) is 6.33 Å².